The topological polar surface area (TPSA) is 83.0 Å². The lowest BCUT2D eigenvalue weighted by Crippen LogP contribution is -2.38. The fraction of sp³-hybridized carbons (Fsp3) is 0.424. The maximum atomic E-state index is 12.6. The van der Waals surface area contributed by atoms with Gasteiger partial charge in [-0.05, 0) is 75.1 Å². The van der Waals surface area contributed by atoms with Crippen LogP contribution in [0.3, 0.4) is 0 Å². The standard InChI is InChI=1S/C28H39N3O2.C3H6.C2H4O2/c1-7-11-12-13-14-24(6)31-22-28(9-3,33-27(31)32)17-20-30(10-4)21-23(5)26(8-2)25-15-18-29-19-16-25;1-3-2;1-2(3)4/h7-8,11,13-16,18-19H,5-6,9-10,12,17,20-22H2,1-4H3;3H,1H2,2H3;1H3,(H,3,4)/b11-7-,14-13-,26-8+;;. The number of carbonyl (C=O) groups is 2. The number of nitrogens with zero attached hydrogens (tertiary/aromatic N) is 3. The summed E-state index contributed by atoms with van der Waals surface area (Å²) in [5, 5.41) is 7.42. The molecule has 1 aromatic heterocycles. The van der Waals surface area contributed by atoms with E-state index in [4.69, 9.17) is 14.6 Å². The van der Waals surface area contributed by atoms with Crippen molar-refractivity contribution in [2.45, 2.75) is 66.4 Å². The number of aromatic nitrogens is 1. The number of hydrogen-bond acceptors (Lipinski definition) is 5. The van der Waals surface area contributed by atoms with Crippen molar-refractivity contribution in [1.82, 2.24) is 14.8 Å². The number of rotatable bonds is 13. The number of aliphatic carboxylic acids is 1. The lowest BCUT2D eigenvalue weighted by Gasteiger charge is -2.30. The van der Waals surface area contributed by atoms with Gasteiger partial charge in [-0.3, -0.25) is 19.6 Å². The Morgan fingerprint density at radius 1 is 1.20 bits per heavy atom. The van der Waals surface area contributed by atoms with Crippen LogP contribution in [-0.4, -0.2) is 63.7 Å². The summed E-state index contributed by atoms with van der Waals surface area (Å²) in [6.07, 6.45) is 17.5. The lowest BCUT2D eigenvalue weighted by atomic mass is 9.95. The van der Waals surface area contributed by atoms with Crippen LogP contribution < -0.4 is 0 Å². The molecule has 1 aliphatic heterocycles. The molecule has 1 fully saturated rings. The molecular weight excluding hydrogens is 502 g/mol. The van der Waals surface area contributed by atoms with Gasteiger partial charge in [0.05, 0.1) is 6.54 Å². The predicted molar refractivity (Wildman–Crippen MR) is 167 cm³/mol. The molecule has 7 nitrogen and oxygen atoms in total. The average Bonchev–Trinajstić information content (AvgIpc) is 3.27. The highest BCUT2D eigenvalue weighted by atomic mass is 16.6. The number of allylic oxidation sites excluding steroid dienone is 6. The molecule has 0 saturated carbocycles. The third-order valence-corrected chi connectivity index (χ3v) is 6.19. The third kappa shape index (κ3) is 13.4. The van der Waals surface area contributed by atoms with Crippen molar-refractivity contribution in [2.24, 2.45) is 0 Å². The van der Waals surface area contributed by atoms with Gasteiger partial charge in [0.1, 0.15) is 5.60 Å². The molecule has 220 valence electrons. The van der Waals surface area contributed by atoms with E-state index in [0.29, 0.717) is 12.2 Å². The Kier molecular flexibility index (Phi) is 18.4. The van der Waals surface area contributed by atoms with Gasteiger partial charge in [0.25, 0.3) is 5.97 Å². The second-order valence-corrected chi connectivity index (χ2v) is 9.28. The maximum Gasteiger partial charge on any atom is 0.415 e. The molecule has 7 heteroatoms. The predicted octanol–water partition coefficient (Wildman–Crippen LogP) is 7.67. The summed E-state index contributed by atoms with van der Waals surface area (Å²) in [6.45, 7) is 26.0. The van der Waals surface area contributed by atoms with E-state index in [0.717, 1.165) is 62.5 Å². The van der Waals surface area contributed by atoms with Crippen molar-refractivity contribution in [3.05, 3.63) is 97.6 Å². The van der Waals surface area contributed by atoms with Crippen molar-refractivity contribution < 1.29 is 19.4 Å². The lowest BCUT2D eigenvalue weighted by molar-refractivity contribution is -0.134. The Labute approximate surface area is 241 Å². The molecule has 1 aliphatic rings. The summed E-state index contributed by atoms with van der Waals surface area (Å²) in [5.74, 6) is -0.833. The van der Waals surface area contributed by atoms with Crippen LogP contribution in [0.25, 0.3) is 5.57 Å². The summed E-state index contributed by atoms with van der Waals surface area (Å²) in [7, 11) is 0. The molecule has 0 aliphatic carbocycles. The fourth-order valence-corrected chi connectivity index (χ4v) is 4.02. The van der Waals surface area contributed by atoms with Gasteiger partial charge in [0.2, 0.25) is 0 Å². The minimum atomic E-state index is -0.833. The largest absolute Gasteiger partial charge is 0.481 e. The Hall–Kier alpha value is -3.71. The molecule has 40 heavy (non-hydrogen) atoms. The molecular formula is C33H49N3O4. The monoisotopic (exact) mass is 551 g/mol. The number of carboxylic acid groups (broad SMARTS) is 1. The number of likely N-dealkylation sites (N-methyl/N-ethyl adjacent to an activating group) is 1. The number of hydrogen-bond donors (Lipinski definition) is 1. The van der Waals surface area contributed by atoms with Crippen LogP contribution in [0, 0.1) is 0 Å². The first-order valence-electron chi connectivity index (χ1n) is 13.7. The number of ether oxygens (including phenoxy) is 1. The zero-order chi connectivity index (χ0) is 30.6. The number of amides is 1. The minimum absolute atomic E-state index is 0.307. The van der Waals surface area contributed by atoms with Gasteiger partial charge >= 0.3 is 6.09 Å². The van der Waals surface area contributed by atoms with Crippen LogP contribution in [0.5, 0.6) is 0 Å². The van der Waals surface area contributed by atoms with Crippen molar-refractivity contribution in [3.8, 4) is 0 Å². The Bertz CT molecular complexity index is 1040. The molecule has 2 rings (SSSR count). The number of pyridine rings is 1. The second-order valence-electron chi connectivity index (χ2n) is 9.28. The zero-order valence-electron chi connectivity index (χ0n) is 25.4. The summed E-state index contributed by atoms with van der Waals surface area (Å²) >= 11 is 0. The van der Waals surface area contributed by atoms with Gasteiger partial charge in [0.15, 0.2) is 0 Å². The van der Waals surface area contributed by atoms with Gasteiger partial charge < -0.3 is 9.84 Å². The molecule has 0 radical (unpaired) electrons. The van der Waals surface area contributed by atoms with Crippen molar-refractivity contribution >= 4 is 17.6 Å². The summed E-state index contributed by atoms with van der Waals surface area (Å²) < 4.78 is 5.91. The summed E-state index contributed by atoms with van der Waals surface area (Å²) in [6, 6.07) is 4.02. The van der Waals surface area contributed by atoms with Crippen LogP contribution in [-0.2, 0) is 9.53 Å². The maximum absolute atomic E-state index is 12.6. The van der Waals surface area contributed by atoms with Crippen molar-refractivity contribution in [1.29, 1.82) is 0 Å². The van der Waals surface area contributed by atoms with E-state index < -0.39 is 11.6 Å². The molecule has 2 heterocycles. The normalized spacial score (nSPS) is 16.7. The SMILES string of the molecule is C=C(CN(CC)CCC1(CC)CN(C(=C)/C=C\C/C=C\C)C(=O)O1)/C(=C\C)c1ccncc1.C=CC.CC(=O)O. The molecule has 1 atom stereocenters. The van der Waals surface area contributed by atoms with Crippen LogP contribution in [0.1, 0.15) is 66.4 Å². The van der Waals surface area contributed by atoms with Crippen LogP contribution in [0.4, 0.5) is 4.79 Å². The van der Waals surface area contributed by atoms with Crippen LogP contribution in [0.15, 0.2) is 92.0 Å². The van der Waals surface area contributed by atoms with E-state index in [1.807, 2.05) is 51.1 Å². The van der Waals surface area contributed by atoms with E-state index in [2.05, 4.69) is 55.6 Å². The van der Waals surface area contributed by atoms with E-state index in [1.54, 1.807) is 23.4 Å². The second kappa shape index (κ2) is 20.2. The number of carboxylic acids is 1. The Morgan fingerprint density at radius 3 is 2.30 bits per heavy atom. The van der Waals surface area contributed by atoms with E-state index >= 15 is 0 Å². The zero-order valence-corrected chi connectivity index (χ0v) is 25.4. The average molecular weight is 552 g/mol. The third-order valence-electron chi connectivity index (χ3n) is 6.19. The summed E-state index contributed by atoms with van der Waals surface area (Å²) in [5.41, 5.74) is 3.51. The van der Waals surface area contributed by atoms with Gasteiger partial charge in [-0.1, -0.05) is 57.4 Å². The molecule has 0 aromatic carbocycles. The van der Waals surface area contributed by atoms with Gasteiger partial charge in [-0.25, -0.2) is 4.79 Å². The van der Waals surface area contributed by atoms with Gasteiger partial charge in [0, 0.05) is 44.5 Å². The quantitative estimate of drug-likeness (QED) is 0.200. The van der Waals surface area contributed by atoms with Crippen molar-refractivity contribution in [3.63, 3.8) is 0 Å². The van der Waals surface area contributed by atoms with Crippen LogP contribution >= 0.6 is 0 Å². The van der Waals surface area contributed by atoms with Crippen molar-refractivity contribution in [2.75, 3.05) is 26.2 Å². The Morgan fingerprint density at radius 2 is 1.80 bits per heavy atom. The van der Waals surface area contributed by atoms with E-state index in [9.17, 15) is 4.79 Å². The highest BCUT2D eigenvalue weighted by Gasteiger charge is 2.44. The molecule has 1 unspecified atom stereocenters. The van der Waals surface area contributed by atoms with Crippen LogP contribution in [0.2, 0.25) is 0 Å². The first kappa shape index (κ1) is 36.3. The number of cyclic esters (lactones) is 1. The van der Waals surface area contributed by atoms with Gasteiger partial charge in [-0.15, -0.1) is 6.58 Å². The highest BCUT2D eigenvalue weighted by Crippen LogP contribution is 2.32. The molecule has 0 spiro atoms. The number of carbonyl (C=O) groups excluding carboxylic acids is 1. The molecule has 1 amide bonds. The smallest absolute Gasteiger partial charge is 0.415 e. The highest BCUT2D eigenvalue weighted by molar-refractivity contribution is 5.78. The Balaban J connectivity index is 0.00000195. The van der Waals surface area contributed by atoms with E-state index in [1.165, 1.54) is 0 Å². The molecule has 1 aromatic rings. The van der Waals surface area contributed by atoms with E-state index in [-0.39, 0.29) is 6.09 Å². The first-order valence-corrected chi connectivity index (χ1v) is 13.7. The molecule has 1 N–H and O–H groups in total. The molecule has 0 bridgehead atoms. The summed E-state index contributed by atoms with van der Waals surface area (Å²) in [4.78, 5) is 29.7. The first-order chi connectivity index (χ1) is 19.0. The minimum Gasteiger partial charge on any atom is -0.481 e. The molecule has 1 saturated heterocycles. The van der Waals surface area contributed by atoms with Gasteiger partial charge in [-0.2, -0.15) is 0 Å². The fourth-order valence-electron chi connectivity index (χ4n) is 4.02.